The lowest BCUT2D eigenvalue weighted by Crippen LogP contribution is -2.07. The minimum Gasteiger partial charge on any atom is -0.396 e. The molecule has 1 rings (SSSR count). The first-order valence-electron chi connectivity index (χ1n) is 6.72. The van der Waals surface area contributed by atoms with Gasteiger partial charge < -0.3 is 15.2 Å². The number of aliphatic hydroxyl groups is 1. The standard InChI is InChI=1S/C13H22ClN3O2/c1-2-19-10-13-16-11(14)9-12(17-13)15-7-5-3-4-6-8-18/h9,18H,2-8,10H2,1H3,(H,15,16,17). The minimum absolute atomic E-state index is 0.274. The molecule has 0 aliphatic carbocycles. The summed E-state index contributed by atoms with van der Waals surface area (Å²) in [6.45, 7) is 4.05. The number of aliphatic hydroxyl groups excluding tert-OH is 1. The maximum atomic E-state index is 8.67. The van der Waals surface area contributed by atoms with Crippen LogP contribution in [0.3, 0.4) is 0 Å². The normalized spacial score (nSPS) is 10.7. The van der Waals surface area contributed by atoms with Gasteiger partial charge in [-0.15, -0.1) is 0 Å². The molecular weight excluding hydrogens is 266 g/mol. The molecule has 0 radical (unpaired) electrons. The van der Waals surface area contributed by atoms with E-state index in [2.05, 4.69) is 15.3 Å². The van der Waals surface area contributed by atoms with Crippen molar-refractivity contribution in [2.45, 2.75) is 39.2 Å². The summed E-state index contributed by atoms with van der Waals surface area (Å²) in [4.78, 5) is 8.44. The zero-order valence-electron chi connectivity index (χ0n) is 11.4. The van der Waals surface area contributed by atoms with E-state index in [1.54, 1.807) is 6.07 Å². The Bertz CT molecular complexity index is 364. The molecule has 6 heteroatoms. The summed E-state index contributed by atoms with van der Waals surface area (Å²) in [5.74, 6) is 1.33. The van der Waals surface area contributed by atoms with Crippen LogP contribution in [0.2, 0.25) is 5.15 Å². The molecule has 0 amide bonds. The molecule has 1 aromatic rings. The van der Waals surface area contributed by atoms with Crippen molar-refractivity contribution in [1.82, 2.24) is 9.97 Å². The Labute approximate surface area is 119 Å². The first-order chi connectivity index (χ1) is 9.26. The largest absolute Gasteiger partial charge is 0.396 e. The van der Waals surface area contributed by atoms with E-state index >= 15 is 0 Å². The molecule has 0 bridgehead atoms. The molecule has 19 heavy (non-hydrogen) atoms. The molecule has 0 atom stereocenters. The van der Waals surface area contributed by atoms with Gasteiger partial charge in [0.15, 0.2) is 5.82 Å². The molecule has 108 valence electrons. The van der Waals surface area contributed by atoms with Gasteiger partial charge in [-0.25, -0.2) is 9.97 Å². The minimum atomic E-state index is 0.274. The van der Waals surface area contributed by atoms with E-state index in [-0.39, 0.29) is 6.61 Å². The van der Waals surface area contributed by atoms with Crippen molar-refractivity contribution in [3.8, 4) is 0 Å². The average molecular weight is 288 g/mol. The van der Waals surface area contributed by atoms with Crippen LogP contribution in [-0.2, 0) is 11.3 Å². The van der Waals surface area contributed by atoms with E-state index in [1.807, 2.05) is 6.92 Å². The lowest BCUT2D eigenvalue weighted by molar-refractivity contribution is 0.128. The van der Waals surface area contributed by atoms with Crippen molar-refractivity contribution in [1.29, 1.82) is 0 Å². The molecule has 1 heterocycles. The number of ether oxygens (including phenoxy) is 1. The maximum Gasteiger partial charge on any atom is 0.158 e. The van der Waals surface area contributed by atoms with Crippen molar-refractivity contribution in [2.75, 3.05) is 25.1 Å². The number of halogens is 1. The highest BCUT2D eigenvalue weighted by Crippen LogP contribution is 2.12. The molecule has 0 spiro atoms. The van der Waals surface area contributed by atoms with E-state index in [4.69, 9.17) is 21.4 Å². The number of aromatic nitrogens is 2. The number of unbranched alkanes of at least 4 members (excludes halogenated alkanes) is 3. The van der Waals surface area contributed by atoms with Gasteiger partial charge >= 0.3 is 0 Å². The predicted octanol–water partition coefficient (Wildman–Crippen LogP) is 2.63. The molecule has 0 fully saturated rings. The number of rotatable bonds is 10. The van der Waals surface area contributed by atoms with Crippen LogP contribution in [0.25, 0.3) is 0 Å². The number of anilines is 1. The third-order valence-electron chi connectivity index (χ3n) is 2.57. The van der Waals surface area contributed by atoms with Gasteiger partial charge in [0.1, 0.15) is 17.6 Å². The molecule has 0 aliphatic rings. The summed E-state index contributed by atoms with van der Waals surface area (Å²) in [6, 6.07) is 1.71. The smallest absolute Gasteiger partial charge is 0.158 e. The summed E-state index contributed by atoms with van der Waals surface area (Å²) in [5.41, 5.74) is 0. The first-order valence-corrected chi connectivity index (χ1v) is 7.10. The molecule has 5 nitrogen and oxygen atoms in total. The molecule has 0 aliphatic heterocycles. The van der Waals surface area contributed by atoms with Crippen molar-refractivity contribution < 1.29 is 9.84 Å². The monoisotopic (exact) mass is 287 g/mol. The van der Waals surface area contributed by atoms with Gasteiger partial charge in [0, 0.05) is 25.8 Å². The lowest BCUT2D eigenvalue weighted by Gasteiger charge is -2.08. The zero-order chi connectivity index (χ0) is 13.9. The van der Waals surface area contributed by atoms with Gasteiger partial charge in [-0.2, -0.15) is 0 Å². The number of hydrogen-bond donors (Lipinski definition) is 2. The van der Waals surface area contributed by atoms with Gasteiger partial charge in [0.05, 0.1) is 0 Å². The number of hydrogen-bond acceptors (Lipinski definition) is 5. The Kier molecular flexibility index (Phi) is 8.45. The fourth-order valence-corrected chi connectivity index (χ4v) is 1.82. The molecule has 0 saturated carbocycles. The van der Waals surface area contributed by atoms with E-state index in [0.29, 0.717) is 24.2 Å². The summed E-state index contributed by atoms with van der Waals surface area (Å²) in [7, 11) is 0. The Balaban J connectivity index is 2.34. The van der Waals surface area contributed by atoms with Crippen LogP contribution in [0.1, 0.15) is 38.4 Å². The molecular formula is C13H22ClN3O2. The summed E-state index contributed by atoms with van der Waals surface area (Å²) in [6.07, 6.45) is 4.07. The lowest BCUT2D eigenvalue weighted by atomic mass is 10.2. The van der Waals surface area contributed by atoms with Crippen molar-refractivity contribution in [2.24, 2.45) is 0 Å². The van der Waals surface area contributed by atoms with Crippen LogP contribution < -0.4 is 5.32 Å². The highest BCUT2D eigenvalue weighted by molar-refractivity contribution is 6.29. The molecule has 0 unspecified atom stereocenters. The Hall–Kier alpha value is -0.910. The summed E-state index contributed by atoms with van der Waals surface area (Å²) >= 11 is 5.94. The highest BCUT2D eigenvalue weighted by Gasteiger charge is 2.03. The van der Waals surface area contributed by atoms with E-state index in [1.165, 1.54) is 0 Å². The van der Waals surface area contributed by atoms with Crippen LogP contribution in [0.4, 0.5) is 5.82 Å². The zero-order valence-corrected chi connectivity index (χ0v) is 12.1. The molecule has 2 N–H and O–H groups in total. The van der Waals surface area contributed by atoms with Gasteiger partial charge in [-0.1, -0.05) is 24.4 Å². The Morgan fingerprint density at radius 2 is 2.05 bits per heavy atom. The Morgan fingerprint density at radius 1 is 1.26 bits per heavy atom. The highest BCUT2D eigenvalue weighted by atomic mass is 35.5. The van der Waals surface area contributed by atoms with Crippen molar-refractivity contribution in [3.05, 3.63) is 17.0 Å². The SMILES string of the molecule is CCOCc1nc(Cl)cc(NCCCCCCO)n1. The fraction of sp³-hybridized carbons (Fsp3) is 0.692. The van der Waals surface area contributed by atoms with E-state index < -0.39 is 0 Å². The van der Waals surface area contributed by atoms with Gasteiger partial charge in [0.2, 0.25) is 0 Å². The van der Waals surface area contributed by atoms with E-state index in [0.717, 1.165) is 38.0 Å². The second kappa shape index (κ2) is 9.95. The molecule has 0 aromatic carbocycles. The van der Waals surface area contributed by atoms with Gasteiger partial charge in [-0.05, 0) is 19.8 Å². The van der Waals surface area contributed by atoms with Crippen LogP contribution in [0.5, 0.6) is 0 Å². The second-order valence-electron chi connectivity index (χ2n) is 4.19. The summed E-state index contributed by atoms with van der Waals surface area (Å²) < 4.78 is 5.26. The van der Waals surface area contributed by atoms with Crippen LogP contribution in [0.15, 0.2) is 6.07 Å². The number of nitrogens with one attached hydrogen (secondary N) is 1. The summed E-state index contributed by atoms with van der Waals surface area (Å²) in [5, 5.41) is 12.3. The second-order valence-corrected chi connectivity index (χ2v) is 4.58. The third-order valence-corrected chi connectivity index (χ3v) is 2.76. The van der Waals surface area contributed by atoms with Crippen LogP contribution in [0, 0.1) is 0 Å². The van der Waals surface area contributed by atoms with Crippen molar-refractivity contribution in [3.63, 3.8) is 0 Å². The fourth-order valence-electron chi connectivity index (χ4n) is 1.62. The molecule has 0 saturated heterocycles. The van der Waals surface area contributed by atoms with Crippen molar-refractivity contribution >= 4 is 17.4 Å². The first kappa shape index (κ1) is 16.1. The van der Waals surface area contributed by atoms with Gasteiger partial charge in [0.25, 0.3) is 0 Å². The van der Waals surface area contributed by atoms with Crippen LogP contribution in [-0.4, -0.2) is 34.8 Å². The third kappa shape index (κ3) is 7.30. The Morgan fingerprint density at radius 3 is 2.79 bits per heavy atom. The maximum absolute atomic E-state index is 8.67. The van der Waals surface area contributed by atoms with Gasteiger partial charge in [-0.3, -0.25) is 0 Å². The van der Waals surface area contributed by atoms with Crippen LogP contribution >= 0.6 is 11.6 Å². The topological polar surface area (TPSA) is 67.3 Å². The quantitative estimate of drug-likeness (QED) is 0.511. The number of nitrogens with zero attached hydrogens (tertiary/aromatic N) is 2. The average Bonchev–Trinajstić information content (AvgIpc) is 2.40. The molecule has 1 aromatic heterocycles. The predicted molar refractivity (Wildman–Crippen MR) is 76.4 cm³/mol. The van der Waals surface area contributed by atoms with E-state index in [9.17, 15) is 0 Å².